The van der Waals surface area contributed by atoms with E-state index in [1.54, 1.807) is 11.3 Å². The maximum absolute atomic E-state index is 12.7. The third-order valence-electron chi connectivity index (χ3n) is 4.50. The number of benzene rings is 2. The van der Waals surface area contributed by atoms with Gasteiger partial charge < -0.3 is 9.64 Å². The van der Waals surface area contributed by atoms with E-state index in [1.807, 2.05) is 71.8 Å². The van der Waals surface area contributed by atoms with E-state index >= 15 is 0 Å². The number of carbonyl (C=O) groups is 1. The Morgan fingerprint density at radius 1 is 1.19 bits per heavy atom. The Kier molecular flexibility index (Phi) is 4.71. The van der Waals surface area contributed by atoms with E-state index in [1.165, 1.54) is 0 Å². The highest BCUT2D eigenvalue weighted by atomic mass is 32.1. The summed E-state index contributed by atoms with van der Waals surface area (Å²) in [6, 6.07) is 17.5. The molecule has 4 nitrogen and oxygen atoms in total. The van der Waals surface area contributed by atoms with Gasteiger partial charge in [-0.25, -0.2) is 4.98 Å². The molecule has 132 valence electrons. The second-order valence-electron chi connectivity index (χ2n) is 6.53. The molecule has 2 heterocycles. The summed E-state index contributed by atoms with van der Waals surface area (Å²) in [4.78, 5) is 19.1. The summed E-state index contributed by atoms with van der Waals surface area (Å²) >= 11 is 1.62. The van der Waals surface area contributed by atoms with Crippen LogP contribution >= 0.6 is 11.3 Å². The molecular weight excluding hydrogens is 344 g/mol. The van der Waals surface area contributed by atoms with Gasteiger partial charge in [0.05, 0.1) is 17.3 Å². The van der Waals surface area contributed by atoms with Crippen LogP contribution in [0.15, 0.2) is 60.0 Å². The number of carbonyl (C=O) groups excluding carboxylic acids is 1. The summed E-state index contributed by atoms with van der Waals surface area (Å²) in [5.41, 5.74) is 2.64. The number of hydrogen-bond acceptors (Lipinski definition) is 4. The van der Waals surface area contributed by atoms with Crippen molar-refractivity contribution in [2.24, 2.45) is 5.92 Å². The van der Waals surface area contributed by atoms with Gasteiger partial charge in [0.1, 0.15) is 5.75 Å². The van der Waals surface area contributed by atoms with E-state index in [2.05, 4.69) is 4.98 Å². The lowest BCUT2D eigenvalue weighted by molar-refractivity contribution is 0.0393. The lowest BCUT2D eigenvalue weighted by Crippen LogP contribution is -2.52. The second-order valence-corrected chi connectivity index (χ2v) is 7.60. The molecule has 0 aliphatic carbocycles. The zero-order chi connectivity index (χ0) is 17.9. The second kappa shape index (κ2) is 7.30. The molecule has 26 heavy (non-hydrogen) atoms. The molecule has 0 unspecified atom stereocenters. The number of para-hydroxylation sites is 1. The number of rotatable bonds is 5. The van der Waals surface area contributed by atoms with Gasteiger partial charge in [-0.2, -0.15) is 0 Å². The number of hydrogen-bond donors (Lipinski definition) is 0. The number of aromatic nitrogens is 1. The van der Waals surface area contributed by atoms with Crippen LogP contribution in [0.2, 0.25) is 0 Å². The van der Waals surface area contributed by atoms with Gasteiger partial charge in [-0.1, -0.05) is 30.3 Å². The molecule has 1 aliphatic heterocycles. The Labute approximate surface area is 157 Å². The smallest absolute Gasteiger partial charge is 0.253 e. The Morgan fingerprint density at radius 2 is 2.00 bits per heavy atom. The number of nitrogens with zero attached hydrogens (tertiary/aromatic N) is 2. The topological polar surface area (TPSA) is 42.4 Å². The first-order valence-corrected chi connectivity index (χ1v) is 9.57. The highest BCUT2D eigenvalue weighted by molar-refractivity contribution is 7.09. The zero-order valence-corrected chi connectivity index (χ0v) is 15.4. The minimum absolute atomic E-state index is 0.0785. The van der Waals surface area contributed by atoms with E-state index in [4.69, 9.17) is 4.74 Å². The molecule has 0 N–H and O–H groups in total. The average Bonchev–Trinajstić information content (AvgIpc) is 3.08. The normalized spacial score (nSPS) is 14.1. The third-order valence-corrected chi connectivity index (χ3v) is 5.27. The number of amides is 1. The van der Waals surface area contributed by atoms with Crippen molar-refractivity contribution >= 4 is 17.2 Å². The Hall–Kier alpha value is -2.66. The molecule has 2 aromatic carbocycles. The molecule has 1 fully saturated rings. The molecule has 3 aromatic rings. The molecule has 0 atom stereocenters. The fraction of sp³-hybridized carbons (Fsp3) is 0.238. The maximum Gasteiger partial charge on any atom is 0.253 e. The van der Waals surface area contributed by atoms with Crippen molar-refractivity contribution in [2.75, 3.05) is 19.7 Å². The molecule has 5 heteroatoms. The van der Waals surface area contributed by atoms with Crippen LogP contribution in [-0.2, 0) is 0 Å². The molecule has 0 spiro atoms. The Morgan fingerprint density at radius 3 is 2.73 bits per heavy atom. The number of ether oxygens (including phenoxy) is 1. The van der Waals surface area contributed by atoms with Crippen LogP contribution in [0.3, 0.4) is 0 Å². The summed E-state index contributed by atoms with van der Waals surface area (Å²) in [5.74, 6) is 1.35. The molecule has 4 rings (SSSR count). The number of aryl methyl sites for hydroxylation is 1. The van der Waals surface area contributed by atoms with E-state index in [0.717, 1.165) is 40.7 Å². The summed E-state index contributed by atoms with van der Waals surface area (Å²) in [7, 11) is 0. The molecule has 1 saturated heterocycles. The van der Waals surface area contributed by atoms with Crippen LogP contribution in [0, 0.1) is 12.8 Å². The van der Waals surface area contributed by atoms with Crippen LogP contribution in [-0.4, -0.2) is 35.5 Å². The number of likely N-dealkylation sites (tertiary alicyclic amines) is 1. The van der Waals surface area contributed by atoms with Gasteiger partial charge in [-0.05, 0) is 31.2 Å². The lowest BCUT2D eigenvalue weighted by atomic mass is 9.99. The van der Waals surface area contributed by atoms with Crippen LogP contribution < -0.4 is 4.74 Å². The number of thiazole rings is 1. The van der Waals surface area contributed by atoms with E-state index < -0.39 is 0 Å². The molecular formula is C21H20N2O2S. The summed E-state index contributed by atoms with van der Waals surface area (Å²) < 4.78 is 5.78. The van der Waals surface area contributed by atoms with Crippen molar-refractivity contribution < 1.29 is 9.53 Å². The molecule has 0 radical (unpaired) electrons. The highest BCUT2D eigenvalue weighted by Crippen LogP contribution is 2.25. The van der Waals surface area contributed by atoms with Crippen molar-refractivity contribution in [1.82, 2.24) is 9.88 Å². The van der Waals surface area contributed by atoms with Crippen molar-refractivity contribution in [1.29, 1.82) is 0 Å². The quantitative estimate of drug-likeness (QED) is 0.679. The summed E-state index contributed by atoms with van der Waals surface area (Å²) in [5, 5.41) is 3.06. The molecule has 0 saturated carbocycles. The van der Waals surface area contributed by atoms with E-state index in [-0.39, 0.29) is 5.91 Å². The lowest BCUT2D eigenvalue weighted by Gasteiger charge is -2.39. The van der Waals surface area contributed by atoms with Crippen LogP contribution in [0.5, 0.6) is 5.75 Å². The van der Waals surface area contributed by atoms with Crippen LogP contribution in [0.25, 0.3) is 11.3 Å². The van der Waals surface area contributed by atoms with Crippen molar-refractivity contribution in [2.45, 2.75) is 6.92 Å². The first-order valence-electron chi connectivity index (χ1n) is 8.69. The fourth-order valence-electron chi connectivity index (χ4n) is 3.06. The zero-order valence-electron chi connectivity index (χ0n) is 14.6. The predicted octanol–water partition coefficient (Wildman–Crippen LogP) is 4.27. The van der Waals surface area contributed by atoms with Crippen molar-refractivity contribution in [3.8, 4) is 17.0 Å². The maximum atomic E-state index is 12.7. The van der Waals surface area contributed by atoms with Gasteiger partial charge in [0, 0.05) is 35.5 Å². The minimum Gasteiger partial charge on any atom is -0.493 e. The Bertz CT molecular complexity index is 901. The average molecular weight is 364 g/mol. The highest BCUT2D eigenvalue weighted by Gasteiger charge is 2.31. The standard InChI is InChI=1S/C21H20N2O2S/c1-15-22-20(14-26-15)17-6-5-7-18(10-17)21(24)23-11-16(12-23)13-25-19-8-3-2-4-9-19/h2-10,14,16H,11-13H2,1H3. The van der Waals surface area contributed by atoms with Gasteiger partial charge in [0.2, 0.25) is 0 Å². The molecule has 1 amide bonds. The SMILES string of the molecule is Cc1nc(-c2cccc(C(=O)N3CC(COc4ccccc4)C3)c2)cs1. The van der Waals surface area contributed by atoms with E-state index in [9.17, 15) is 4.79 Å². The van der Waals surface area contributed by atoms with Crippen LogP contribution in [0.1, 0.15) is 15.4 Å². The van der Waals surface area contributed by atoms with E-state index in [0.29, 0.717) is 12.5 Å². The van der Waals surface area contributed by atoms with Crippen LogP contribution in [0.4, 0.5) is 0 Å². The van der Waals surface area contributed by atoms with Gasteiger partial charge in [0.25, 0.3) is 5.91 Å². The first-order chi connectivity index (χ1) is 12.7. The fourth-order valence-corrected chi connectivity index (χ4v) is 3.68. The van der Waals surface area contributed by atoms with Crippen molar-refractivity contribution in [3.05, 3.63) is 70.5 Å². The third kappa shape index (κ3) is 3.63. The summed E-state index contributed by atoms with van der Waals surface area (Å²) in [6.07, 6.45) is 0. The monoisotopic (exact) mass is 364 g/mol. The molecule has 1 aromatic heterocycles. The predicted molar refractivity (Wildman–Crippen MR) is 104 cm³/mol. The largest absolute Gasteiger partial charge is 0.493 e. The summed E-state index contributed by atoms with van der Waals surface area (Å²) in [6.45, 7) is 4.12. The van der Waals surface area contributed by atoms with Gasteiger partial charge in [-0.15, -0.1) is 11.3 Å². The molecule has 1 aliphatic rings. The van der Waals surface area contributed by atoms with Gasteiger partial charge >= 0.3 is 0 Å². The Balaban J connectivity index is 1.34. The van der Waals surface area contributed by atoms with Crippen molar-refractivity contribution in [3.63, 3.8) is 0 Å². The van der Waals surface area contributed by atoms with Gasteiger partial charge in [0.15, 0.2) is 0 Å². The van der Waals surface area contributed by atoms with Gasteiger partial charge in [-0.3, -0.25) is 4.79 Å². The minimum atomic E-state index is 0.0785. The first kappa shape index (κ1) is 16.8. The molecule has 0 bridgehead atoms.